The van der Waals surface area contributed by atoms with Gasteiger partial charge in [0, 0.05) is 17.2 Å². The Morgan fingerprint density at radius 1 is 1.31 bits per heavy atom. The number of benzene rings is 1. The molecule has 0 aliphatic heterocycles. The number of aromatic nitrogens is 2. The highest BCUT2D eigenvalue weighted by molar-refractivity contribution is 6.30. The van der Waals surface area contributed by atoms with Crippen LogP contribution in [-0.4, -0.2) is 5.27 Å². The topological polar surface area (TPSA) is 55.9 Å². The summed E-state index contributed by atoms with van der Waals surface area (Å²) < 4.78 is 6.24. The van der Waals surface area contributed by atoms with Crippen molar-refractivity contribution >= 4 is 17.5 Å². The molecule has 2 N–H and O–H groups in total. The number of nitrogens with two attached hydrogens (primary N) is 1. The lowest BCUT2D eigenvalue weighted by molar-refractivity contribution is -0.670. The summed E-state index contributed by atoms with van der Waals surface area (Å²) in [4.78, 5) is 0. The van der Waals surface area contributed by atoms with Crippen LogP contribution in [-0.2, 0) is 0 Å². The molecule has 13 heavy (non-hydrogen) atoms. The van der Waals surface area contributed by atoms with Crippen molar-refractivity contribution in [2.75, 3.05) is 5.73 Å². The zero-order valence-corrected chi connectivity index (χ0v) is 7.40. The number of rotatable bonds is 1. The fourth-order valence-electron chi connectivity index (χ4n) is 0.974. The molecule has 0 atom stereocenters. The predicted octanol–water partition coefficient (Wildman–Crippen LogP) is 1.19. The van der Waals surface area contributed by atoms with Crippen LogP contribution in [0.25, 0.3) is 5.69 Å². The molecule has 66 valence electrons. The van der Waals surface area contributed by atoms with Gasteiger partial charge in [0.15, 0.2) is 0 Å². The van der Waals surface area contributed by atoms with Crippen molar-refractivity contribution in [2.24, 2.45) is 0 Å². The molecular weight excluding hydrogens is 190 g/mol. The molecule has 2 aromatic rings. The Morgan fingerprint density at radius 3 is 2.54 bits per heavy atom. The summed E-state index contributed by atoms with van der Waals surface area (Å²) in [7, 11) is 0. The van der Waals surface area contributed by atoms with Crippen LogP contribution in [0, 0.1) is 0 Å². The average molecular weight is 197 g/mol. The fraction of sp³-hybridized carbons (Fsp3) is 0. The molecule has 5 heteroatoms. The Bertz CT molecular complexity index is 410. The van der Waals surface area contributed by atoms with Gasteiger partial charge in [-0.3, -0.25) is 4.52 Å². The van der Waals surface area contributed by atoms with Gasteiger partial charge in [0.2, 0.25) is 11.0 Å². The van der Waals surface area contributed by atoms with E-state index in [-0.39, 0.29) is 5.88 Å². The van der Waals surface area contributed by atoms with Crippen LogP contribution in [0.4, 0.5) is 5.88 Å². The number of nitrogens with zero attached hydrogens (tertiary/aromatic N) is 2. The highest BCUT2D eigenvalue weighted by Gasteiger charge is 2.11. The largest absolute Gasteiger partial charge is 0.362 e. The first kappa shape index (κ1) is 8.07. The molecule has 0 saturated carbocycles. The first-order valence-electron chi connectivity index (χ1n) is 3.66. The summed E-state index contributed by atoms with van der Waals surface area (Å²) in [5, 5.41) is 4.37. The van der Waals surface area contributed by atoms with Gasteiger partial charge in [0.05, 0.1) is 0 Å². The maximum Gasteiger partial charge on any atom is 0.293 e. The Balaban J connectivity index is 2.41. The number of anilines is 1. The first-order chi connectivity index (χ1) is 6.25. The molecular formula is C8H7ClN3O+. The van der Waals surface area contributed by atoms with Crippen molar-refractivity contribution in [1.29, 1.82) is 0 Å². The monoisotopic (exact) mass is 196 g/mol. The summed E-state index contributed by atoms with van der Waals surface area (Å²) in [5.74, 6) is 0.273. The molecule has 0 unspecified atom stereocenters. The van der Waals surface area contributed by atoms with Crippen LogP contribution >= 0.6 is 11.6 Å². The second-order valence-electron chi connectivity index (χ2n) is 2.53. The molecule has 0 fully saturated rings. The van der Waals surface area contributed by atoms with Crippen molar-refractivity contribution in [3.05, 3.63) is 35.5 Å². The van der Waals surface area contributed by atoms with E-state index in [1.165, 1.54) is 4.68 Å². The van der Waals surface area contributed by atoms with E-state index in [2.05, 4.69) is 5.27 Å². The molecule has 0 radical (unpaired) electrons. The van der Waals surface area contributed by atoms with Gasteiger partial charge >= 0.3 is 0 Å². The summed E-state index contributed by atoms with van der Waals surface area (Å²) in [6, 6.07) is 7.19. The van der Waals surface area contributed by atoms with Crippen LogP contribution < -0.4 is 10.4 Å². The maximum atomic E-state index is 5.73. The highest BCUT2D eigenvalue weighted by atomic mass is 35.5. The van der Waals surface area contributed by atoms with Crippen molar-refractivity contribution in [1.82, 2.24) is 5.27 Å². The quantitative estimate of drug-likeness (QED) is 0.697. The second-order valence-corrected chi connectivity index (χ2v) is 2.96. The molecule has 0 aliphatic carbocycles. The van der Waals surface area contributed by atoms with Gasteiger partial charge in [-0.1, -0.05) is 11.6 Å². The van der Waals surface area contributed by atoms with Crippen molar-refractivity contribution in [3.63, 3.8) is 0 Å². The molecule has 4 nitrogen and oxygen atoms in total. The van der Waals surface area contributed by atoms with E-state index in [1.807, 2.05) is 12.1 Å². The number of hydrogen-bond donors (Lipinski definition) is 1. The zero-order chi connectivity index (χ0) is 9.26. The minimum atomic E-state index is 0.273. The van der Waals surface area contributed by atoms with Gasteiger partial charge < -0.3 is 5.73 Å². The van der Waals surface area contributed by atoms with E-state index < -0.39 is 0 Å². The standard InChI is InChI=1S/C8H7ClN3O/c9-6-1-3-7(4-2-6)12-5-8(10)13-11-12/h1-5H,10H2/q+1. The van der Waals surface area contributed by atoms with E-state index in [0.717, 1.165) is 5.69 Å². The minimum Gasteiger partial charge on any atom is -0.362 e. The first-order valence-corrected chi connectivity index (χ1v) is 4.03. The normalized spacial score (nSPS) is 10.2. The van der Waals surface area contributed by atoms with E-state index in [9.17, 15) is 0 Å². The Labute approximate surface area is 79.5 Å². The van der Waals surface area contributed by atoms with Gasteiger partial charge in [-0.05, 0) is 16.8 Å². The van der Waals surface area contributed by atoms with E-state index in [4.69, 9.17) is 21.9 Å². The molecule has 2 rings (SSSR count). The third-order valence-corrected chi connectivity index (χ3v) is 1.83. The Hall–Kier alpha value is -1.55. The molecule has 1 aromatic carbocycles. The Kier molecular flexibility index (Phi) is 1.90. The third kappa shape index (κ3) is 1.62. The second kappa shape index (κ2) is 3.06. The summed E-state index contributed by atoms with van der Waals surface area (Å²) >= 11 is 5.73. The molecule has 1 heterocycles. The predicted molar refractivity (Wildman–Crippen MR) is 47.5 cm³/mol. The lowest BCUT2D eigenvalue weighted by Crippen LogP contribution is -2.31. The molecule has 0 saturated heterocycles. The van der Waals surface area contributed by atoms with Crippen LogP contribution in [0.2, 0.25) is 5.02 Å². The Morgan fingerprint density at radius 2 is 2.00 bits per heavy atom. The van der Waals surface area contributed by atoms with Crippen LogP contribution in [0.3, 0.4) is 0 Å². The zero-order valence-electron chi connectivity index (χ0n) is 6.64. The molecule has 1 aromatic heterocycles. The van der Waals surface area contributed by atoms with Gasteiger partial charge in [0.25, 0.3) is 12.1 Å². The lowest BCUT2D eigenvalue weighted by Gasteiger charge is -1.87. The molecule has 0 spiro atoms. The SMILES string of the molecule is Nc1c[n+](-c2ccc(Cl)cc2)no1. The fourth-order valence-corrected chi connectivity index (χ4v) is 1.10. The molecule has 0 amide bonds. The minimum absolute atomic E-state index is 0.273. The molecule has 0 aliphatic rings. The van der Waals surface area contributed by atoms with Crippen LogP contribution in [0.1, 0.15) is 0 Å². The number of nitrogen functional groups attached to an aromatic ring is 1. The van der Waals surface area contributed by atoms with E-state index >= 15 is 0 Å². The van der Waals surface area contributed by atoms with Crippen molar-refractivity contribution in [3.8, 4) is 5.69 Å². The lowest BCUT2D eigenvalue weighted by atomic mass is 10.3. The van der Waals surface area contributed by atoms with Crippen LogP contribution in [0.15, 0.2) is 35.0 Å². The smallest absolute Gasteiger partial charge is 0.293 e. The van der Waals surface area contributed by atoms with Gasteiger partial charge in [-0.2, -0.15) is 0 Å². The summed E-state index contributed by atoms with van der Waals surface area (Å²) in [6.07, 6.45) is 1.59. The molecule has 0 bridgehead atoms. The van der Waals surface area contributed by atoms with Crippen molar-refractivity contribution < 1.29 is 9.20 Å². The van der Waals surface area contributed by atoms with Crippen molar-refractivity contribution in [2.45, 2.75) is 0 Å². The number of halogens is 1. The van der Waals surface area contributed by atoms with Gasteiger partial charge in [-0.25, -0.2) is 0 Å². The van der Waals surface area contributed by atoms with Crippen LogP contribution in [0.5, 0.6) is 0 Å². The average Bonchev–Trinajstić information content (AvgIpc) is 2.53. The summed E-state index contributed by atoms with van der Waals surface area (Å²) in [6.45, 7) is 0. The maximum absolute atomic E-state index is 5.73. The highest BCUT2D eigenvalue weighted by Crippen LogP contribution is 2.09. The van der Waals surface area contributed by atoms with Gasteiger partial charge in [0.1, 0.15) is 0 Å². The van der Waals surface area contributed by atoms with Gasteiger partial charge in [-0.15, -0.1) is 0 Å². The van der Waals surface area contributed by atoms with E-state index in [0.29, 0.717) is 5.02 Å². The summed E-state index contributed by atoms with van der Waals surface area (Å²) in [5.41, 5.74) is 6.22. The third-order valence-electron chi connectivity index (χ3n) is 1.57. The number of hydrogen-bond acceptors (Lipinski definition) is 3. The van der Waals surface area contributed by atoms with E-state index in [1.54, 1.807) is 18.3 Å².